The SMILES string of the molecule is Cc1ccccc1NC(=O)COc1ccc(O)cc1. The first kappa shape index (κ1) is 13.0. The Kier molecular flexibility index (Phi) is 4.03. The molecule has 4 heteroatoms. The summed E-state index contributed by atoms with van der Waals surface area (Å²) in [5.74, 6) is 0.483. The van der Waals surface area contributed by atoms with E-state index in [-0.39, 0.29) is 18.3 Å². The molecule has 2 aromatic rings. The van der Waals surface area contributed by atoms with Crippen molar-refractivity contribution in [2.24, 2.45) is 0 Å². The number of benzene rings is 2. The number of ether oxygens (including phenoxy) is 1. The molecule has 0 unspecified atom stereocenters. The van der Waals surface area contributed by atoms with E-state index in [1.165, 1.54) is 12.1 Å². The van der Waals surface area contributed by atoms with E-state index in [2.05, 4.69) is 5.32 Å². The Morgan fingerprint density at radius 3 is 2.53 bits per heavy atom. The van der Waals surface area contributed by atoms with E-state index < -0.39 is 0 Å². The maximum Gasteiger partial charge on any atom is 0.262 e. The van der Waals surface area contributed by atoms with Gasteiger partial charge in [-0.2, -0.15) is 0 Å². The van der Waals surface area contributed by atoms with Gasteiger partial charge in [0.1, 0.15) is 11.5 Å². The highest BCUT2D eigenvalue weighted by Crippen LogP contribution is 2.16. The normalized spacial score (nSPS) is 9.95. The first-order valence-corrected chi connectivity index (χ1v) is 5.92. The number of amides is 1. The molecule has 2 aromatic carbocycles. The minimum absolute atomic E-state index is 0.0703. The molecule has 0 aliphatic carbocycles. The van der Waals surface area contributed by atoms with Crippen molar-refractivity contribution < 1.29 is 14.6 Å². The number of anilines is 1. The van der Waals surface area contributed by atoms with E-state index in [0.29, 0.717) is 5.75 Å². The smallest absolute Gasteiger partial charge is 0.262 e. The lowest BCUT2D eigenvalue weighted by Gasteiger charge is -2.09. The maximum absolute atomic E-state index is 11.7. The molecule has 0 aliphatic heterocycles. The number of phenolic OH excluding ortho intramolecular Hbond substituents is 1. The minimum atomic E-state index is -0.220. The van der Waals surface area contributed by atoms with Gasteiger partial charge in [0.2, 0.25) is 0 Å². The summed E-state index contributed by atoms with van der Waals surface area (Å²) in [4.78, 5) is 11.7. The summed E-state index contributed by atoms with van der Waals surface area (Å²) in [6, 6.07) is 13.8. The molecule has 0 aromatic heterocycles. The number of phenols is 1. The molecule has 0 saturated carbocycles. The van der Waals surface area contributed by atoms with E-state index in [1.807, 2.05) is 31.2 Å². The fourth-order valence-corrected chi connectivity index (χ4v) is 1.59. The van der Waals surface area contributed by atoms with Crippen LogP contribution >= 0.6 is 0 Å². The Morgan fingerprint density at radius 1 is 1.16 bits per heavy atom. The van der Waals surface area contributed by atoms with Crippen molar-refractivity contribution in [1.82, 2.24) is 0 Å². The summed E-state index contributed by atoms with van der Waals surface area (Å²) in [6.07, 6.45) is 0. The monoisotopic (exact) mass is 257 g/mol. The zero-order valence-electron chi connectivity index (χ0n) is 10.6. The van der Waals surface area contributed by atoms with Crippen LogP contribution in [0.15, 0.2) is 48.5 Å². The van der Waals surface area contributed by atoms with Crippen molar-refractivity contribution in [2.75, 3.05) is 11.9 Å². The molecule has 0 fully saturated rings. The van der Waals surface area contributed by atoms with Gasteiger partial charge >= 0.3 is 0 Å². The van der Waals surface area contributed by atoms with E-state index in [4.69, 9.17) is 9.84 Å². The third-order valence-corrected chi connectivity index (χ3v) is 2.63. The van der Waals surface area contributed by atoms with Gasteiger partial charge in [0.05, 0.1) is 0 Å². The van der Waals surface area contributed by atoms with Crippen molar-refractivity contribution >= 4 is 11.6 Å². The van der Waals surface area contributed by atoms with Crippen molar-refractivity contribution in [2.45, 2.75) is 6.92 Å². The van der Waals surface area contributed by atoms with Gasteiger partial charge in [-0.1, -0.05) is 18.2 Å². The van der Waals surface area contributed by atoms with Gasteiger partial charge in [-0.05, 0) is 42.8 Å². The predicted octanol–water partition coefficient (Wildman–Crippen LogP) is 2.72. The first-order valence-electron chi connectivity index (χ1n) is 5.92. The number of rotatable bonds is 4. The third kappa shape index (κ3) is 3.74. The third-order valence-electron chi connectivity index (χ3n) is 2.63. The zero-order chi connectivity index (χ0) is 13.7. The summed E-state index contributed by atoms with van der Waals surface area (Å²) < 4.78 is 5.31. The molecular formula is C15H15NO3. The topological polar surface area (TPSA) is 58.6 Å². The van der Waals surface area contributed by atoms with Gasteiger partial charge in [-0.25, -0.2) is 0 Å². The Balaban J connectivity index is 1.88. The maximum atomic E-state index is 11.7. The fourth-order valence-electron chi connectivity index (χ4n) is 1.59. The second kappa shape index (κ2) is 5.91. The Bertz CT molecular complexity index is 564. The summed E-state index contributed by atoms with van der Waals surface area (Å²) in [5, 5.41) is 11.9. The number of aryl methyl sites for hydroxylation is 1. The molecular weight excluding hydrogens is 242 g/mol. The number of hydrogen-bond acceptors (Lipinski definition) is 3. The van der Waals surface area contributed by atoms with Crippen LogP contribution in [0, 0.1) is 6.92 Å². The molecule has 0 aliphatic rings. The molecule has 4 nitrogen and oxygen atoms in total. The molecule has 0 atom stereocenters. The Morgan fingerprint density at radius 2 is 1.84 bits per heavy atom. The molecule has 1 amide bonds. The number of para-hydroxylation sites is 1. The van der Waals surface area contributed by atoms with Crippen molar-refractivity contribution in [3.05, 3.63) is 54.1 Å². The molecule has 0 saturated heterocycles. The molecule has 19 heavy (non-hydrogen) atoms. The molecule has 0 heterocycles. The Hall–Kier alpha value is -2.49. The number of hydrogen-bond donors (Lipinski definition) is 2. The Labute approximate surface area is 111 Å². The zero-order valence-corrected chi connectivity index (χ0v) is 10.6. The van der Waals surface area contributed by atoms with Crippen LogP contribution in [0.25, 0.3) is 0 Å². The predicted molar refractivity (Wildman–Crippen MR) is 73.4 cm³/mol. The number of carbonyl (C=O) groups is 1. The summed E-state index contributed by atoms with van der Waals surface area (Å²) in [6.45, 7) is 1.86. The average molecular weight is 257 g/mol. The van der Waals surface area contributed by atoms with Gasteiger partial charge in [-0.15, -0.1) is 0 Å². The van der Waals surface area contributed by atoms with Gasteiger partial charge in [0.25, 0.3) is 5.91 Å². The molecule has 2 N–H and O–H groups in total. The van der Waals surface area contributed by atoms with Crippen molar-refractivity contribution in [1.29, 1.82) is 0 Å². The van der Waals surface area contributed by atoms with Gasteiger partial charge in [-0.3, -0.25) is 4.79 Å². The first-order chi connectivity index (χ1) is 9.15. The van der Waals surface area contributed by atoms with Gasteiger partial charge in [0.15, 0.2) is 6.61 Å². The van der Waals surface area contributed by atoms with Gasteiger partial charge < -0.3 is 15.2 Å². The highest BCUT2D eigenvalue weighted by molar-refractivity contribution is 5.92. The van der Waals surface area contributed by atoms with Crippen LogP contribution in [0.5, 0.6) is 11.5 Å². The summed E-state index contributed by atoms with van der Waals surface area (Å²) in [7, 11) is 0. The van der Waals surface area contributed by atoms with E-state index in [1.54, 1.807) is 12.1 Å². The fraction of sp³-hybridized carbons (Fsp3) is 0.133. The molecule has 0 radical (unpaired) electrons. The quantitative estimate of drug-likeness (QED) is 0.885. The number of carbonyl (C=O) groups excluding carboxylic acids is 1. The highest BCUT2D eigenvalue weighted by Gasteiger charge is 2.05. The summed E-state index contributed by atoms with van der Waals surface area (Å²) in [5.41, 5.74) is 1.78. The van der Waals surface area contributed by atoms with Crippen molar-refractivity contribution in [3.63, 3.8) is 0 Å². The largest absolute Gasteiger partial charge is 0.508 e. The van der Waals surface area contributed by atoms with E-state index in [0.717, 1.165) is 11.3 Å². The lowest BCUT2D eigenvalue weighted by molar-refractivity contribution is -0.118. The second-order valence-corrected chi connectivity index (χ2v) is 4.15. The minimum Gasteiger partial charge on any atom is -0.508 e. The van der Waals surface area contributed by atoms with Gasteiger partial charge in [0, 0.05) is 5.69 Å². The molecule has 98 valence electrons. The standard InChI is InChI=1S/C15H15NO3/c1-11-4-2-3-5-14(11)16-15(18)10-19-13-8-6-12(17)7-9-13/h2-9,17H,10H2,1H3,(H,16,18). The lowest BCUT2D eigenvalue weighted by Crippen LogP contribution is -2.20. The van der Waals surface area contributed by atoms with Crippen molar-refractivity contribution in [3.8, 4) is 11.5 Å². The number of aromatic hydroxyl groups is 1. The molecule has 0 spiro atoms. The van der Waals surface area contributed by atoms with E-state index in [9.17, 15) is 4.79 Å². The van der Waals surface area contributed by atoms with Crippen LogP contribution in [-0.4, -0.2) is 17.6 Å². The summed E-state index contributed by atoms with van der Waals surface area (Å²) >= 11 is 0. The van der Waals surface area contributed by atoms with Crippen LogP contribution in [0.2, 0.25) is 0 Å². The molecule has 2 rings (SSSR count). The highest BCUT2D eigenvalue weighted by atomic mass is 16.5. The van der Waals surface area contributed by atoms with Crippen LogP contribution in [0.3, 0.4) is 0 Å². The lowest BCUT2D eigenvalue weighted by atomic mass is 10.2. The number of nitrogens with one attached hydrogen (secondary N) is 1. The van der Waals surface area contributed by atoms with Crippen LogP contribution in [0.4, 0.5) is 5.69 Å². The van der Waals surface area contributed by atoms with Crippen LogP contribution in [-0.2, 0) is 4.79 Å². The van der Waals surface area contributed by atoms with Crippen LogP contribution < -0.4 is 10.1 Å². The van der Waals surface area contributed by atoms with Crippen LogP contribution in [0.1, 0.15) is 5.56 Å². The van der Waals surface area contributed by atoms with E-state index >= 15 is 0 Å². The second-order valence-electron chi connectivity index (χ2n) is 4.15. The molecule has 0 bridgehead atoms. The average Bonchev–Trinajstić information content (AvgIpc) is 2.41.